The van der Waals surface area contributed by atoms with Crippen LogP contribution in [0.3, 0.4) is 0 Å². The number of sulfonamides is 1. The van der Waals surface area contributed by atoms with Crippen LogP contribution in [0.1, 0.15) is 53.1 Å². The van der Waals surface area contributed by atoms with Crippen molar-refractivity contribution in [2.75, 3.05) is 13.3 Å². The summed E-state index contributed by atoms with van der Waals surface area (Å²) in [4.78, 5) is 42.0. The highest BCUT2D eigenvalue weighted by atomic mass is 35.5. The molecule has 0 saturated heterocycles. The minimum absolute atomic E-state index is 0.00179. The van der Waals surface area contributed by atoms with Gasteiger partial charge in [-0.15, -0.1) is 0 Å². The number of hydrogen-bond donors (Lipinski definition) is 2. The highest BCUT2D eigenvalue weighted by Gasteiger charge is 2.67. The van der Waals surface area contributed by atoms with Crippen LogP contribution in [0.4, 0.5) is 26.3 Å². The number of benzene rings is 2. The average molecular weight is 885 g/mol. The molecule has 5 aromatic rings. The molecular weight excluding hydrogens is 854 g/mol. The molecule has 1 amide bonds. The first kappa shape index (κ1) is 40.3. The zero-order chi connectivity index (χ0) is 43.3. The summed E-state index contributed by atoms with van der Waals surface area (Å²) in [6.45, 7) is -0.975. The minimum atomic E-state index is -3.88. The number of halogens is 7. The SMILES string of the molecule is CN1N=C(NS(C)(=O)=O)C2C(Cl)=CC=C(n3c([C@H](Cc4cc(F)cc(F)c4)NC(=O)Cn4nc(C(F)F)c5c4C(F)(F)[C@@H]4C[C@H]54)nc4cc(-c5cncnc5)ccc4c3=O)C21. The number of amidine groups is 1. The number of aromatic nitrogens is 6. The largest absolute Gasteiger partial charge is 0.344 e. The fourth-order valence-electron chi connectivity index (χ4n) is 8.59. The molecule has 2 N–H and O–H groups in total. The van der Waals surface area contributed by atoms with E-state index >= 15 is 8.78 Å². The second-order valence-corrected chi connectivity index (χ2v) is 17.4. The molecule has 14 nitrogen and oxygen atoms in total. The van der Waals surface area contributed by atoms with E-state index < -0.39 is 99.7 Å². The molecule has 4 heterocycles. The van der Waals surface area contributed by atoms with Crippen LogP contribution in [0.25, 0.3) is 27.7 Å². The van der Waals surface area contributed by atoms with E-state index in [1.54, 1.807) is 12.1 Å². The lowest BCUT2D eigenvalue weighted by atomic mass is 9.91. The van der Waals surface area contributed by atoms with Gasteiger partial charge in [0.05, 0.1) is 34.8 Å². The van der Waals surface area contributed by atoms with Gasteiger partial charge < -0.3 is 5.32 Å². The number of allylic oxidation sites excluding steroid dienone is 2. The Morgan fingerprint density at radius 3 is 2.46 bits per heavy atom. The standard InChI is InChI=1S/C39H31ClF6N10O4S/c1-54-33-28(6-5-25(40)31(33)36(52-54)53-61(2,59)60)56-37(50-26-10-18(3-4-22(26)38(56)58)19-13-47-16-48-14-19)27(9-17-7-20(41)11-21(42)8-17)49-29(57)15-55-34-30(32(51-55)35(43)44)23-12-24(23)39(34,45)46/h3-8,10-11,13-14,16,23-24,27,31,33,35H,9,12,15H2,1-2H3,(H,49,57)(H,52,53)/t23-,24+,27-,31?,33?/m0/s1. The molecule has 2 unspecified atom stereocenters. The summed E-state index contributed by atoms with van der Waals surface area (Å²) >= 11 is 6.67. The number of nitrogens with zero attached hydrogens (tertiary/aromatic N) is 8. The van der Waals surface area contributed by atoms with E-state index in [-0.39, 0.29) is 50.8 Å². The fourth-order valence-corrected chi connectivity index (χ4v) is 9.42. The topological polar surface area (TPSA) is 169 Å². The number of hydrogen-bond acceptors (Lipinski definition) is 10. The third-order valence-corrected chi connectivity index (χ3v) is 12.0. The molecule has 2 aromatic carbocycles. The Kier molecular flexibility index (Phi) is 9.61. The second-order valence-electron chi connectivity index (χ2n) is 15.2. The highest BCUT2D eigenvalue weighted by Crippen LogP contribution is 2.68. The normalized spacial score (nSPS) is 21.7. The van der Waals surface area contributed by atoms with Crippen LogP contribution in [0.2, 0.25) is 0 Å². The molecule has 61 heavy (non-hydrogen) atoms. The van der Waals surface area contributed by atoms with Crippen molar-refractivity contribution < 1.29 is 39.6 Å². The number of nitrogens with one attached hydrogen (secondary N) is 2. The summed E-state index contributed by atoms with van der Waals surface area (Å²) in [7, 11) is -2.37. The smallest absolute Gasteiger partial charge is 0.293 e. The molecule has 1 saturated carbocycles. The van der Waals surface area contributed by atoms with Crippen molar-refractivity contribution in [2.24, 2.45) is 16.9 Å². The molecule has 0 radical (unpaired) electrons. The van der Waals surface area contributed by atoms with Crippen molar-refractivity contribution in [3.05, 3.63) is 123 Å². The van der Waals surface area contributed by atoms with E-state index in [1.165, 1.54) is 49.0 Å². The minimum Gasteiger partial charge on any atom is -0.344 e. The molecule has 0 bridgehead atoms. The maximum Gasteiger partial charge on any atom is 0.293 e. The summed E-state index contributed by atoms with van der Waals surface area (Å²) in [5.41, 5.74) is -1.34. The first-order chi connectivity index (χ1) is 28.9. The Balaban J connectivity index is 1.21. The number of carbonyl (C=O) groups excluding carboxylic acids is 1. The Morgan fingerprint density at radius 1 is 1.05 bits per heavy atom. The van der Waals surface area contributed by atoms with E-state index in [0.717, 1.165) is 23.0 Å². The summed E-state index contributed by atoms with van der Waals surface area (Å²) in [6.07, 6.45) is 4.54. The van der Waals surface area contributed by atoms with Gasteiger partial charge in [0.1, 0.15) is 53.6 Å². The molecular formula is C39H31ClF6N10O4S. The number of alkyl halides is 4. The van der Waals surface area contributed by atoms with Crippen LogP contribution < -0.4 is 15.6 Å². The van der Waals surface area contributed by atoms with Crippen LogP contribution in [0.5, 0.6) is 0 Å². The van der Waals surface area contributed by atoms with Gasteiger partial charge in [0, 0.05) is 54.0 Å². The number of fused-ring (bicyclic) bond motifs is 5. The van der Waals surface area contributed by atoms with E-state index in [2.05, 4.69) is 30.2 Å². The van der Waals surface area contributed by atoms with Crippen molar-refractivity contribution in [1.29, 1.82) is 0 Å². The van der Waals surface area contributed by atoms with Crippen molar-refractivity contribution >= 4 is 50.0 Å². The van der Waals surface area contributed by atoms with Gasteiger partial charge in [0.2, 0.25) is 15.9 Å². The quantitative estimate of drug-likeness (QED) is 0.176. The molecule has 1 aliphatic heterocycles. The predicted molar refractivity (Wildman–Crippen MR) is 209 cm³/mol. The van der Waals surface area contributed by atoms with E-state index in [0.29, 0.717) is 21.9 Å². The van der Waals surface area contributed by atoms with Crippen LogP contribution in [-0.2, 0) is 33.7 Å². The summed E-state index contributed by atoms with van der Waals surface area (Å²) in [6, 6.07) is 4.82. The Morgan fingerprint density at radius 2 is 1.77 bits per heavy atom. The van der Waals surface area contributed by atoms with Crippen LogP contribution in [-0.4, -0.2) is 73.8 Å². The van der Waals surface area contributed by atoms with Gasteiger partial charge in [-0.1, -0.05) is 17.7 Å². The Labute approximate surface area is 346 Å². The lowest BCUT2D eigenvalue weighted by Gasteiger charge is -2.33. The molecule has 22 heteroatoms. The summed E-state index contributed by atoms with van der Waals surface area (Å²) in [5, 5.41) is 12.4. The van der Waals surface area contributed by atoms with Gasteiger partial charge in [-0.25, -0.2) is 40.9 Å². The Bertz CT molecular complexity index is 2920. The predicted octanol–water partition coefficient (Wildman–Crippen LogP) is 5.35. The lowest BCUT2D eigenvalue weighted by Crippen LogP contribution is -2.44. The highest BCUT2D eigenvalue weighted by molar-refractivity contribution is 7.89. The molecule has 9 rings (SSSR count). The van der Waals surface area contributed by atoms with Gasteiger partial charge in [-0.3, -0.25) is 28.6 Å². The number of likely N-dealkylation sites (N-methyl/N-ethyl adjacent to an activating group) is 1. The molecule has 3 aliphatic carbocycles. The number of carbonyl (C=O) groups is 1. The first-order valence-electron chi connectivity index (χ1n) is 18.6. The number of hydrazone groups is 1. The van der Waals surface area contributed by atoms with E-state index in [9.17, 15) is 35.6 Å². The van der Waals surface area contributed by atoms with Gasteiger partial charge >= 0.3 is 0 Å². The molecule has 1 fully saturated rings. The zero-order valence-electron chi connectivity index (χ0n) is 31.7. The maximum atomic E-state index is 15.5. The second kappa shape index (κ2) is 14.5. The van der Waals surface area contributed by atoms with Crippen molar-refractivity contribution in [2.45, 2.75) is 49.7 Å². The monoisotopic (exact) mass is 884 g/mol. The molecule has 316 valence electrons. The van der Waals surface area contributed by atoms with Gasteiger partial charge in [0.15, 0.2) is 0 Å². The molecule has 0 spiro atoms. The van der Waals surface area contributed by atoms with Crippen molar-refractivity contribution in [1.82, 2.24) is 44.3 Å². The third kappa shape index (κ3) is 7.11. The number of amides is 1. The maximum absolute atomic E-state index is 15.5. The summed E-state index contributed by atoms with van der Waals surface area (Å²) < 4.78 is 118. The molecule has 3 aromatic heterocycles. The summed E-state index contributed by atoms with van der Waals surface area (Å²) in [5.74, 6) is -9.82. The van der Waals surface area contributed by atoms with Crippen LogP contribution in [0, 0.1) is 23.5 Å². The van der Waals surface area contributed by atoms with Gasteiger partial charge in [-0.2, -0.15) is 19.0 Å². The Hall–Kier alpha value is -6.09. The van der Waals surface area contributed by atoms with Gasteiger partial charge in [-0.05, 0) is 59.9 Å². The fraction of sp³-hybridized carbons (Fsp3) is 0.308. The van der Waals surface area contributed by atoms with Gasteiger partial charge in [0.25, 0.3) is 17.9 Å². The molecule has 4 aliphatic rings. The molecule has 5 atom stereocenters. The zero-order valence-corrected chi connectivity index (χ0v) is 33.3. The van der Waals surface area contributed by atoms with E-state index in [4.69, 9.17) is 16.6 Å². The number of rotatable bonds is 10. The van der Waals surface area contributed by atoms with Crippen molar-refractivity contribution in [3.63, 3.8) is 0 Å². The first-order valence-corrected chi connectivity index (χ1v) is 20.9. The van der Waals surface area contributed by atoms with E-state index in [1.807, 2.05) is 0 Å². The third-order valence-electron chi connectivity index (χ3n) is 11.1. The van der Waals surface area contributed by atoms with Crippen molar-refractivity contribution in [3.8, 4) is 11.1 Å². The lowest BCUT2D eigenvalue weighted by molar-refractivity contribution is -0.123. The average Bonchev–Trinajstić information content (AvgIpc) is 3.73. The van der Waals surface area contributed by atoms with Crippen LogP contribution >= 0.6 is 11.6 Å². The van der Waals surface area contributed by atoms with Crippen LogP contribution in [0.15, 0.2) is 82.2 Å².